The molecule has 17 heavy (non-hydrogen) atoms. The summed E-state index contributed by atoms with van der Waals surface area (Å²) in [6, 6.07) is 4.14. The Morgan fingerprint density at radius 1 is 1.29 bits per heavy atom. The molecule has 0 saturated carbocycles. The van der Waals surface area contributed by atoms with Crippen LogP contribution in [0.25, 0.3) is 0 Å². The predicted octanol–water partition coefficient (Wildman–Crippen LogP) is 3.11. The molecule has 0 saturated heterocycles. The van der Waals surface area contributed by atoms with Gasteiger partial charge >= 0.3 is 5.97 Å². The second-order valence-electron chi connectivity index (χ2n) is 4.22. The SMILES string of the molecule is CCOc1cc(C)c(C)cc1CCCC(=O)O. The molecule has 0 heterocycles. The molecule has 0 spiro atoms. The van der Waals surface area contributed by atoms with Crippen LogP contribution in [0.5, 0.6) is 5.75 Å². The molecule has 0 amide bonds. The van der Waals surface area contributed by atoms with Crippen molar-refractivity contribution in [3.8, 4) is 5.75 Å². The van der Waals surface area contributed by atoms with Crippen LogP contribution in [-0.4, -0.2) is 17.7 Å². The van der Waals surface area contributed by atoms with Gasteiger partial charge in [-0.3, -0.25) is 4.79 Å². The highest BCUT2D eigenvalue weighted by molar-refractivity contribution is 5.66. The number of benzene rings is 1. The number of rotatable bonds is 6. The van der Waals surface area contributed by atoms with Gasteiger partial charge < -0.3 is 9.84 Å². The summed E-state index contributed by atoms with van der Waals surface area (Å²) in [6.07, 6.45) is 1.61. The molecule has 3 heteroatoms. The van der Waals surface area contributed by atoms with Crippen LogP contribution < -0.4 is 4.74 Å². The van der Waals surface area contributed by atoms with Gasteiger partial charge in [-0.1, -0.05) is 6.07 Å². The normalized spacial score (nSPS) is 10.3. The quantitative estimate of drug-likeness (QED) is 0.825. The van der Waals surface area contributed by atoms with E-state index in [0.717, 1.165) is 17.7 Å². The molecule has 1 aromatic rings. The fraction of sp³-hybridized carbons (Fsp3) is 0.500. The first-order valence-electron chi connectivity index (χ1n) is 5.99. The number of carbonyl (C=O) groups is 1. The minimum absolute atomic E-state index is 0.207. The summed E-state index contributed by atoms with van der Waals surface area (Å²) in [5.41, 5.74) is 3.53. The molecule has 0 bridgehead atoms. The lowest BCUT2D eigenvalue weighted by atomic mass is 10.0. The van der Waals surface area contributed by atoms with Crippen LogP contribution in [0.4, 0.5) is 0 Å². The maximum Gasteiger partial charge on any atom is 0.303 e. The van der Waals surface area contributed by atoms with E-state index >= 15 is 0 Å². The maximum absolute atomic E-state index is 10.5. The third kappa shape index (κ3) is 4.10. The van der Waals surface area contributed by atoms with E-state index in [2.05, 4.69) is 19.9 Å². The highest BCUT2D eigenvalue weighted by Crippen LogP contribution is 2.25. The summed E-state index contributed by atoms with van der Waals surface area (Å²) in [4.78, 5) is 10.5. The fourth-order valence-corrected chi connectivity index (χ4v) is 1.76. The molecule has 0 unspecified atom stereocenters. The molecule has 0 fully saturated rings. The van der Waals surface area contributed by atoms with Gasteiger partial charge in [0, 0.05) is 6.42 Å². The third-order valence-corrected chi connectivity index (χ3v) is 2.81. The summed E-state index contributed by atoms with van der Waals surface area (Å²) in [5, 5.41) is 8.63. The molecule has 0 aliphatic rings. The Morgan fingerprint density at radius 2 is 1.94 bits per heavy atom. The predicted molar refractivity (Wildman–Crippen MR) is 67.7 cm³/mol. The van der Waals surface area contributed by atoms with Crippen molar-refractivity contribution in [1.29, 1.82) is 0 Å². The number of hydrogen-bond donors (Lipinski definition) is 1. The Bertz CT molecular complexity index is 397. The maximum atomic E-state index is 10.5. The van der Waals surface area contributed by atoms with Gasteiger partial charge in [0.15, 0.2) is 0 Å². The molecular formula is C14H20O3. The van der Waals surface area contributed by atoms with Crippen molar-refractivity contribution in [2.24, 2.45) is 0 Å². The average molecular weight is 236 g/mol. The van der Waals surface area contributed by atoms with Crippen molar-refractivity contribution < 1.29 is 14.6 Å². The van der Waals surface area contributed by atoms with Gasteiger partial charge in [0.2, 0.25) is 0 Å². The summed E-state index contributed by atoms with van der Waals surface area (Å²) in [6.45, 7) is 6.70. The first-order chi connectivity index (χ1) is 8.04. The van der Waals surface area contributed by atoms with Crippen LogP contribution in [0.3, 0.4) is 0 Å². The second-order valence-corrected chi connectivity index (χ2v) is 4.22. The van der Waals surface area contributed by atoms with Gasteiger partial charge in [-0.25, -0.2) is 0 Å². The molecule has 1 rings (SSSR count). The third-order valence-electron chi connectivity index (χ3n) is 2.81. The molecule has 0 aliphatic heterocycles. The van der Waals surface area contributed by atoms with Crippen molar-refractivity contribution >= 4 is 5.97 Å². The zero-order chi connectivity index (χ0) is 12.8. The number of aryl methyl sites for hydroxylation is 3. The van der Waals surface area contributed by atoms with Crippen molar-refractivity contribution in [2.75, 3.05) is 6.61 Å². The van der Waals surface area contributed by atoms with Crippen molar-refractivity contribution in [2.45, 2.75) is 40.0 Å². The van der Waals surface area contributed by atoms with Crippen LogP contribution >= 0.6 is 0 Å². The van der Waals surface area contributed by atoms with E-state index in [-0.39, 0.29) is 6.42 Å². The summed E-state index contributed by atoms with van der Waals surface area (Å²) >= 11 is 0. The Kier molecular flexibility index (Phi) is 5.01. The number of hydrogen-bond acceptors (Lipinski definition) is 2. The number of carboxylic acids is 1. The molecule has 0 aliphatic carbocycles. The van der Waals surface area contributed by atoms with Crippen LogP contribution in [0.1, 0.15) is 36.5 Å². The van der Waals surface area contributed by atoms with Crippen LogP contribution in [0.2, 0.25) is 0 Å². The Morgan fingerprint density at radius 3 is 2.53 bits per heavy atom. The van der Waals surface area contributed by atoms with Gasteiger partial charge in [-0.05, 0) is 56.4 Å². The fourth-order valence-electron chi connectivity index (χ4n) is 1.76. The van der Waals surface area contributed by atoms with Crippen molar-refractivity contribution in [3.05, 3.63) is 28.8 Å². The van der Waals surface area contributed by atoms with E-state index in [4.69, 9.17) is 9.84 Å². The van der Waals surface area contributed by atoms with E-state index in [1.54, 1.807) is 0 Å². The Hall–Kier alpha value is -1.51. The van der Waals surface area contributed by atoms with E-state index < -0.39 is 5.97 Å². The molecule has 1 N–H and O–H groups in total. The molecule has 3 nitrogen and oxygen atoms in total. The van der Waals surface area contributed by atoms with Gasteiger partial charge in [-0.2, -0.15) is 0 Å². The van der Waals surface area contributed by atoms with E-state index in [1.165, 1.54) is 11.1 Å². The minimum atomic E-state index is -0.744. The van der Waals surface area contributed by atoms with Crippen LogP contribution in [0.15, 0.2) is 12.1 Å². The Labute approximate surface area is 102 Å². The monoisotopic (exact) mass is 236 g/mol. The first-order valence-corrected chi connectivity index (χ1v) is 5.99. The van der Waals surface area contributed by atoms with Gasteiger partial charge in [0.05, 0.1) is 6.61 Å². The minimum Gasteiger partial charge on any atom is -0.494 e. The lowest BCUT2D eigenvalue weighted by molar-refractivity contribution is -0.137. The lowest BCUT2D eigenvalue weighted by Crippen LogP contribution is -2.01. The standard InChI is InChI=1S/C14H20O3/c1-4-17-13-9-11(3)10(2)8-12(13)6-5-7-14(15)16/h8-9H,4-7H2,1-3H3,(H,15,16). The largest absolute Gasteiger partial charge is 0.494 e. The molecule has 0 atom stereocenters. The van der Waals surface area contributed by atoms with Gasteiger partial charge in [0.1, 0.15) is 5.75 Å². The Balaban J connectivity index is 2.80. The highest BCUT2D eigenvalue weighted by Gasteiger charge is 2.07. The van der Waals surface area contributed by atoms with Crippen molar-refractivity contribution in [3.63, 3.8) is 0 Å². The molecule has 1 aromatic carbocycles. The zero-order valence-corrected chi connectivity index (χ0v) is 10.7. The van der Waals surface area contributed by atoms with Crippen molar-refractivity contribution in [1.82, 2.24) is 0 Å². The van der Waals surface area contributed by atoms with Gasteiger partial charge in [0.25, 0.3) is 0 Å². The van der Waals surface area contributed by atoms with Crippen LogP contribution in [-0.2, 0) is 11.2 Å². The number of carboxylic acid groups (broad SMARTS) is 1. The zero-order valence-electron chi connectivity index (χ0n) is 10.7. The van der Waals surface area contributed by atoms with Crippen LogP contribution in [0, 0.1) is 13.8 Å². The highest BCUT2D eigenvalue weighted by atomic mass is 16.5. The number of ether oxygens (including phenoxy) is 1. The average Bonchev–Trinajstić information content (AvgIpc) is 2.24. The smallest absolute Gasteiger partial charge is 0.303 e. The molecule has 94 valence electrons. The summed E-state index contributed by atoms with van der Waals surface area (Å²) in [7, 11) is 0. The first kappa shape index (κ1) is 13.6. The van der Waals surface area contributed by atoms with E-state index in [1.807, 2.05) is 13.0 Å². The van der Waals surface area contributed by atoms with Gasteiger partial charge in [-0.15, -0.1) is 0 Å². The molecule has 0 radical (unpaired) electrons. The topological polar surface area (TPSA) is 46.5 Å². The summed E-state index contributed by atoms with van der Waals surface area (Å²) in [5.74, 6) is 0.146. The molecular weight excluding hydrogens is 216 g/mol. The lowest BCUT2D eigenvalue weighted by Gasteiger charge is -2.12. The van der Waals surface area contributed by atoms with E-state index in [0.29, 0.717) is 13.0 Å². The molecule has 0 aromatic heterocycles. The van der Waals surface area contributed by atoms with E-state index in [9.17, 15) is 4.79 Å². The second kappa shape index (κ2) is 6.28. The number of aliphatic carboxylic acids is 1. The summed E-state index contributed by atoms with van der Waals surface area (Å²) < 4.78 is 5.58.